The first kappa shape index (κ1) is 12.1. The second-order valence-electron chi connectivity index (χ2n) is 4.30. The minimum absolute atomic E-state index is 0.147. The Bertz CT molecular complexity index is 412. The number of carbonyl (C=O) groups excluding carboxylic acids is 1. The van der Waals surface area contributed by atoms with Gasteiger partial charge in [-0.1, -0.05) is 13.0 Å². The number of ether oxygens (including phenoxy) is 2. The summed E-state index contributed by atoms with van der Waals surface area (Å²) in [5.41, 5.74) is 2.11. The maximum absolute atomic E-state index is 11.9. The van der Waals surface area contributed by atoms with Crippen LogP contribution in [-0.4, -0.2) is 19.5 Å². The van der Waals surface area contributed by atoms with E-state index in [0.29, 0.717) is 6.42 Å². The van der Waals surface area contributed by atoms with Gasteiger partial charge in [0, 0.05) is 20.0 Å². The molecule has 0 radical (unpaired) electrons. The molecule has 3 nitrogen and oxygen atoms in total. The fourth-order valence-corrected chi connectivity index (χ4v) is 2.20. The second kappa shape index (κ2) is 5.32. The fraction of sp³-hybridized carbons (Fsp3) is 0.500. The predicted octanol–water partition coefficient (Wildman–Crippen LogP) is 2.68. The number of fused-ring (bicyclic) bond motifs is 1. The van der Waals surface area contributed by atoms with Crippen molar-refractivity contribution in [1.29, 1.82) is 0 Å². The molecular formula is C14H18O3. The number of benzene rings is 1. The Balaban J connectivity index is 2.22. The summed E-state index contributed by atoms with van der Waals surface area (Å²) in [5.74, 6) is 1.08. The highest BCUT2D eigenvalue weighted by Gasteiger charge is 2.21. The summed E-state index contributed by atoms with van der Waals surface area (Å²) in [6.07, 6.45) is 1.90. The zero-order chi connectivity index (χ0) is 12.3. The summed E-state index contributed by atoms with van der Waals surface area (Å²) in [4.78, 5) is 11.9. The minimum Gasteiger partial charge on any atom is -0.493 e. The molecular weight excluding hydrogens is 216 g/mol. The highest BCUT2D eigenvalue weighted by Crippen LogP contribution is 2.29. The van der Waals surface area contributed by atoms with Crippen molar-refractivity contribution in [3.8, 4) is 5.75 Å². The van der Waals surface area contributed by atoms with Crippen molar-refractivity contribution in [1.82, 2.24) is 0 Å². The second-order valence-corrected chi connectivity index (χ2v) is 4.30. The van der Waals surface area contributed by atoms with Crippen LogP contribution in [-0.2, 0) is 16.0 Å². The van der Waals surface area contributed by atoms with Gasteiger partial charge in [-0.05, 0) is 29.7 Å². The lowest BCUT2D eigenvalue weighted by Gasteiger charge is -2.15. The van der Waals surface area contributed by atoms with Gasteiger partial charge < -0.3 is 9.47 Å². The predicted molar refractivity (Wildman–Crippen MR) is 65.3 cm³/mol. The van der Waals surface area contributed by atoms with Gasteiger partial charge in [-0.15, -0.1) is 0 Å². The third-order valence-corrected chi connectivity index (χ3v) is 3.04. The largest absolute Gasteiger partial charge is 0.493 e. The van der Waals surface area contributed by atoms with Crippen LogP contribution in [0.1, 0.15) is 37.0 Å². The van der Waals surface area contributed by atoms with Crippen molar-refractivity contribution in [2.24, 2.45) is 0 Å². The van der Waals surface area contributed by atoms with E-state index in [-0.39, 0.29) is 5.78 Å². The highest BCUT2D eigenvalue weighted by atomic mass is 16.5. The van der Waals surface area contributed by atoms with Gasteiger partial charge in [0.15, 0.2) is 5.78 Å². The lowest BCUT2D eigenvalue weighted by atomic mass is 9.99. The van der Waals surface area contributed by atoms with Gasteiger partial charge in [-0.25, -0.2) is 0 Å². The van der Waals surface area contributed by atoms with E-state index in [9.17, 15) is 4.79 Å². The summed E-state index contributed by atoms with van der Waals surface area (Å²) < 4.78 is 10.8. The van der Waals surface area contributed by atoms with Gasteiger partial charge in [0.2, 0.25) is 0 Å². The first-order valence-corrected chi connectivity index (χ1v) is 6.07. The van der Waals surface area contributed by atoms with E-state index in [1.165, 1.54) is 5.56 Å². The number of carbonyl (C=O) groups is 1. The first-order valence-electron chi connectivity index (χ1n) is 6.07. The maximum Gasteiger partial charge on any atom is 0.166 e. The van der Waals surface area contributed by atoms with Crippen LogP contribution in [0.5, 0.6) is 5.75 Å². The number of ketones is 1. The molecule has 0 saturated carbocycles. The van der Waals surface area contributed by atoms with E-state index >= 15 is 0 Å². The Morgan fingerprint density at radius 2 is 2.35 bits per heavy atom. The number of hydrogen-bond donors (Lipinski definition) is 0. The molecule has 0 bridgehead atoms. The fourth-order valence-electron chi connectivity index (χ4n) is 2.20. The minimum atomic E-state index is -0.430. The molecule has 1 unspecified atom stereocenters. The molecule has 0 saturated heterocycles. The molecule has 1 aromatic rings. The molecule has 0 amide bonds. The van der Waals surface area contributed by atoms with Gasteiger partial charge in [0.05, 0.1) is 6.61 Å². The van der Waals surface area contributed by atoms with E-state index in [0.717, 1.165) is 30.8 Å². The molecule has 1 atom stereocenters. The zero-order valence-electron chi connectivity index (χ0n) is 10.4. The molecule has 2 rings (SSSR count). The van der Waals surface area contributed by atoms with Crippen LogP contribution in [0.2, 0.25) is 0 Å². The average Bonchev–Trinajstić information content (AvgIpc) is 2.77. The maximum atomic E-state index is 11.9. The highest BCUT2D eigenvalue weighted by molar-refractivity contribution is 5.84. The molecule has 0 aromatic heterocycles. The summed E-state index contributed by atoms with van der Waals surface area (Å²) in [6, 6.07) is 5.89. The average molecular weight is 234 g/mol. The smallest absolute Gasteiger partial charge is 0.166 e. The molecule has 1 aromatic carbocycles. The first-order chi connectivity index (χ1) is 8.26. The van der Waals surface area contributed by atoms with Crippen LogP contribution >= 0.6 is 0 Å². The van der Waals surface area contributed by atoms with Crippen LogP contribution in [0.4, 0.5) is 0 Å². The number of Topliss-reactive ketones (excluding diaryl/α,β-unsaturated/α-hetero) is 1. The lowest BCUT2D eigenvalue weighted by Crippen LogP contribution is -2.14. The van der Waals surface area contributed by atoms with Crippen molar-refractivity contribution >= 4 is 5.78 Å². The van der Waals surface area contributed by atoms with Crippen molar-refractivity contribution in [2.45, 2.75) is 32.3 Å². The molecule has 17 heavy (non-hydrogen) atoms. The summed E-state index contributed by atoms with van der Waals surface area (Å²) in [6.45, 7) is 2.74. The number of rotatable bonds is 5. The van der Waals surface area contributed by atoms with Crippen LogP contribution in [0.15, 0.2) is 18.2 Å². The normalized spacial score (nSPS) is 15.2. The van der Waals surface area contributed by atoms with Gasteiger partial charge in [-0.2, -0.15) is 0 Å². The molecule has 0 fully saturated rings. The van der Waals surface area contributed by atoms with Gasteiger partial charge in [-0.3, -0.25) is 4.79 Å². The van der Waals surface area contributed by atoms with Gasteiger partial charge >= 0.3 is 0 Å². The molecule has 0 aliphatic carbocycles. The van der Waals surface area contributed by atoms with Crippen molar-refractivity contribution < 1.29 is 14.3 Å². The number of methoxy groups -OCH3 is 1. The van der Waals surface area contributed by atoms with E-state index < -0.39 is 6.10 Å². The summed E-state index contributed by atoms with van der Waals surface area (Å²) >= 11 is 0. The van der Waals surface area contributed by atoms with Crippen molar-refractivity contribution in [3.63, 3.8) is 0 Å². The molecule has 0 spiro atoms. The molecule has 1 heterocycles. The summed E-state index contributed by atoms with van der Waals surface area (Å²) in [7, 11) is 1.59. The lowest BCUT2D eigenvalue weighted by molar-refractivity contribution is -0.129. The van der Waals surface area contributed by atoms with Crippen LogP contribution < -0.4 is 4.74 Å². The van der Waals surface area contributed by atoms with Crippen LogP contribution in [0.3, 0.4) is 0 Å². The van der Waals surface area contributed by atoms with Crippen LogP contribution in [0, 0.1) is 0 Å². The standard InChI is InChI=1S/C14H18O3/c1-3-4-12(15)14(16-2)11-5-6-13-10(9-11)7-8-17-13/h5-6,9,14H,3-4,7-8H2,1-2H3. The van der Waals surface area contributed by atoms with E-state index in [1.807, 2.05) is 25.1 Å². The van der Waals surface area contributed by atoms with Gasteiger partial charge in [0.25, 0.3) is 0 Å². The molecule has 1 aliphatic rings. The topological polar surface area (TPSA) is 35.5 Å². The van der Waals surface area contributed by atoms with Crippen LogP contribution in [0.25, 0.3) is 0 Å². The Morgan fingerprint density at radius 3 is 3.06 bits per heavy atom. The van der Waals surface area contributed by atoms with E-state index in [1.54, 1.807) is 7.11 Å². The van der Waals surface area contributed by atoms with E-state index in [4.69, 9.17) is 9.47 Å². The van der Waals surface area contributed by atoms with E-state index in [2.05, 4.69) is 0 Å². The van der Waals surface area contributed by atoms with Gasteiger partial charge in [0.1, 0.15) is 11.9 Å². The molecule has 92 valence electrons. The SMILES string of the molecule is CCCC(=O)C(OC)c1ccc2c(c1)CCO2. The summed E-state index contributed by atoms with van der Waals surface area (Å²) in [5, 5.41) is 0. The third-order valence-electron chi connectivity index (χ3n) is 3.04. The quantitative estimate of drug-likeness (QED) is 0.785. The monoisotopic (exact) mass is 234 g/mol. The van der Waals surface area contributed by atoms with Crippen molar-refractivity contribution in [3.05, 3.63) is 29.3 Å². The number of hydrogen-bond acceptors (Lipinski definition) is 3. The van der Waals surface area contributed by atoms with Crippen molar-refractivity contribution in [2.75, 3.05) is 13.7 Å². The third kappa shape index (κ3) is 2.50. The Kier molecular flexibility index (Phi) is 3.79. The molecule has 1 aliphatic heterocycles. The molecule has 3 heteroatoms. The Labute approximate surface area is 102 Å². The Hall–Kier alpha value is -1.35. The zero-order valence-corrected chi connectivity index (χ0v) is 10.4. The molecule has 0 N–H and O–H groups in total. The Morgan fingerprint density at radius 1 is 1.53 bits per heavy atom.